The summed E-state index contributed by atoms with van der Waals surface area (Å²) in [5, 5.41) is 19.3. The Balaban J connectivity index is 1.25. The fourth-order valence-corrected chi connectivity index (χ4v) is 5.42. The highest BCUT2D eigenvalue weighted by Crippen LogP contribution is 2.35. The van der Waals surface area contributed by atoms with Crippen LogP contribution in [0.3, 0.4) is 0 Å². The largest absolute Gasteiger partial charge is 0.493 e. The van der Waals surface area contributed by atoms with Crippen molar-refractivity contribution in [2.45, 2.75) is 64.6 Å². The molecule has 2 unspecified atom stereocenters. The number of rotatable bonds is 13. The molecule has 2 aromatic carbocycles. The van der Waals surface area contributed by atoms with Gasteiger partial charge in [0, 0.05) is 32.7 Å². The molecule has 198 valence electrons. The third-order valence-corrected chi connectivity index (χ3v) is 7.61. The Morgan fingerprint density at radius 2 is 1.19 bits per heavy atom. The van der Waals surface area contributed by atoms with Gasteiger partial charge >= 0.3 is 0 Å². The number of hydrogen-bond donors (Lipinski definition) is 2. The molecule has 2 heterocycles. The van der Waals surface area contributed by atoms with E-state index in [9.17, 15) is 10.2 Å². The van der Waals surface area contributed by atoms with Crippen molar-refractivity contribution in [2.24, 2.45) is 0 Å². The number of likely N-dealkylation sites (tertiary alicyclic amines) is 2. The van der Waals surface area contributed by atoms with Gasteiger partial charge in [0.1, 0.15) is 11.5 Å². The molecule has 0 aromatic heterocycles. The van der Waals surface area contributed by atoms with Crippen LogP contribution in [-0.4, -0.2) is 84.7 Å². The van der Waals surface area contributed by atoms with E-state index < -0.39 is 0 Å². The zero-order valence-corrected chi connectivity index (χ0v) is 22.1. The van der Waals surface area contributed by atoms with Gasteiger partial charge in [0.2, 0.25) is 0 Å². The molecule has 6 heteroatoms. The van der Waals surface area contributed by atoms with Crippen molar-refractivity contribution in [3.8, 4) is 22.6 Å². The molecule has 2 aromatic rings. The predicted molar refractivity (Wildman–Crippen MR) is 145 cm³/mol. The average molecular weight is 497 g/mol. The van der Waals surface area contributed by atoms with Gasteiger partial charge in [-0.3, -0.25) is 0 Å². The fourth-order valence-electron chi connectivity index (χ4n) is 5.42. The zero-order chi connectivity index (χ0) is 25.3. The summed E-state index contributed by atoms with van der Waals surface area (Å²) in [6.45, 7) is 11.3. The van der Waals surface area contributed by atoms with Crippen LogP contribution in [0.15, 0.2) is 36.4 Å². The van der Waals surface area contributed by atoms with Crippen molar-refractivity contribution in [1.29, 1.82) is 0 Å². The van der Waals surface area contributed by atoms with Crippen molar-refractivity contribution in [3.05, 3.63) is 47.5 Å². The summed E-state index contributed by atoms with van der Waals surface area (Å²) in [6.07, 6.45) is 5.80. The average Bonchev–Trinajstić information content (AvgIpc) is 3.48. The highest BCUT2D eigenvalue weighted by atomic mass is 16.5. The molecule has 4 rings (SSSR count). The minimum absolute atomic E-state index is 0.130. The topological polar surface area (TPSA) is 65.4 Å². The number of hydrogen-bond acceptors (Lipinski definition) is 6. The van der Waals surface area contributed by atoms with Gasteiger partial charge in [-0.05, 0) is 93.3 Å². The van der Waals surface area contributed by atoms with E-state index in [-0.39, 0.29) is 12.2 Å². The first-order valence-corrected chi connectivity index (χ1v) is 13.8. The van der Waals surface area contributed by atoms with Crippen LogP contribution < -0.4 is 9.47 Å². The van der Waals surface area contributed by atoms with Crippen LogP contribution >= 0.6 is 0 Å². The second-order valence-electron chi connectivity index (χ2n) is 10.5. The minimum atomic E-state index is -0.163. The minimum Gasteiger partial charge on any atom is -0.493 e. The molecule has 2 aliphatic rings. The number of benzene rings is 2. The second-order valence-corrected chi connectivity index (χ2v) is 10.5. The van der Waals surface area contributed by atoms with Crippen molar-refractivity contribution >= 4 is 0 Å². The first-order chi connectivity index (χ1) is 17.5. The lowest BCUT2D eigenvalue weighted by Crippen LogP contribution is -2.24. The third kappa shape index (κ3) is 7.45. The monoisotopic (exact) mass is 496 g/mol. The predicted octanol–water partition coefficient (Wildman–Crippen LogP) is 4.42. The van der Waals surface area contributed by atoms with Crippen LogP contribution in [0.2, 0.25) is 0 Å². The van der Waals surface area contributed by atoms with Gasteiger partial charge in [-0.2, -0.15) is 0 Å². The number of β-amino-alcohol motifs (C(OH)–C–C–N with tert-alkyl or cyclic N) is 2. The molecule has 0 aliphatic carbocycles. The number of aliphatic hydroxyl groups excluding tert-OH is 2. The maximum absolute atomic E-state index is 9.69. The molecule has 2 atom stereocenters. The summed E-state index contributed by atoms with van der Waals surface area (Å²) in [5.41, 5.74) is 4.69. The van der Waals surface area contributed by atoms with E-state index >= 15 is 0 Å². The van der Waals surface area contributed by atoms with Crippen LogP contribution in [-0.2, 0) is 0 Å². The molecule has 2 aliphatic heterocycles. The number of ether oxygens (including phenoxy) is 2. The number of unbranched alkanes of at least 4 members (excludes halogenated alkanes) is 2. The summed E-state index contributed by atoms with van der Waals surface area (Å²) < 4.78 is 12.3. The zero-order valence-electron chi connectivity index (χ0n) is 22.1. The highest BCUT2D eigenvalue weighted by Gasteiger charge is 2.20. The maximum Gasteiger partial charge on any atom is 0.122 e. The van der Waals surface area contributed by atoms with Gasteiger partial charge in [0.15, 0.2) is 0 Å². The molecule has 2 saturated heterocycles. The van der Waals surface area contributed by atoms with E-state index in [0.717, 1.165) is 107 Å². The van der Waals surface area contributed by atoms with Crippen molar-refractivity contribution in [1.82, 2.24) is 9.80 Å². The van der Waals surface area contributed by atoms with E-state index in [2.05, 4.69) is 60.0 Å². The van der Waals surface area contributed by atoms with Crippen molar-refractivity contribution < 1.29 is 19.7 Å². The highest BCUT2D eigenvalue weighted by molar-refractivity contribution is 5.74. The van der Waals surface area contributed by atoms with Gasteiger partial charge < -0.3 is 29.5 Å². The van der Waals surface area contributed by atoms with Gasteiger partial charge in [-0.25, -0.2) is 0 Å². The summed E-state index contributed by atoms with van der Waals surface area (Å²) in [6, 6.07) is 12.6. The molecule has 0 spiro atoms. The van der Waals surface area contributed by atoms with Crippen LogP contribution in [0, 0.1) is 13.8 Å². The molecule has 0 bridgehead atoms. The van der Waals surface area contributed by atoms with Gasteiger partial charge in [-0.15, -0.1) is 0 Å². The van der Waals surface area contributed by atoms with Crippen molar-refractivity contribution in [2.75, 3.05) is 52.5 Å². The molecule has 2 fully saturated rings. The van der Waals surface area contributed by atoms with Crippen LogP contribution in [0.1, 0.15) is 49.7 Å². The Labute approximate surface area is 216 Å². The van der Waals surface area contributed by atoms with Gasteiger partial charge in [0.25, 0.3) is 0 Å². The summed E-state index contributed by atoms with van der Waals surface area (Å²) in [7, 11) is 0. The fraction of sp³-hybridized carbons (Fsp3) is 0.600. The number of nitrogens with zero attached hydrogens (tertiary/aromatic N) is 2. The molecule has 6 nitrogen and oxygen atoms in total. The molecule has 0 radical (unpaired) electrons. The smallest absolute Gasteiger partial charge is 0.122 e. The Morgan fingerprint density at radius 1 is 0.694 bits per heavy atom. The number of aliphatic hydroxyl groups is 2. The van der Waals surface area contributed by atoms with Gasteiger partial charge in [0.05, 0.1) is 25.4 Å². The molecule has 36 heavy (non-hydrogen) atoms. The Hall–Kier alpha value is -2.12. The third-order valence-electron chi connectivity index (χ3n) is 7.61. The lowest BCUT2D eigenvalue weighted by molar-refractivity contribution is 0.173. The standard InChI is InChI=1S/C30H44N2O4/c1-23-27(9-6-11-29(23)35-19-5-3-4-15-31-17-13-25(33)21-31)28-10-7-12-30(24(28)2)36-20-8-16-32-18-14-26(34)22-32/h6-7,9-12,25-26,33-34H,3-5,8,13-22H2,1-2H3. The molecular formula is C30H44N2O4. The quantitative estimate of drug-likeness (QED) is 0.400. The second kappa shape index (κ2) is 13.4. The molecule has 2 N–H and O–H groups in total. The van der Waals surface area contributed by atoms with E-state index in [1.165, 1.54) is 11.1 Å². The van der Waals surface area contributed by atoms with Crippen LogP contribution in [0.5, 0.6) is 11.5 Å². The Morgan fingerprint density at radius 3 is 1.69 bits per heavy atom. The molecule has 0 saturated carbocycles. The van der Waals surface area contributed by atoms with E-state index in [1.807, 2.05) is 0 Å². The SMILES string of the molecule is Cc1c(OCCCCCN2CCC(O)C2)cccc1-c1cccc(OCCCN2CCC(O)C2)c1C. The Bertz CT molecular complexity index is 966. The van der Waals surface area contributed by atoms with Crippen molar-refractivity contribution in [3.63, 3.8) is 0 Å². The summed E-state index contributed by atoms with van der Waals surface area (Å²) >= 11 is 0. The van der Waals surface area contributed by atoms with Crippen LogP contribution in [0.25, 0.3) is 11.1 Å². The lowest BCUT2D eigenvalue weighted by atomic mass is 9.95. The Kier molecular flexibility index (Phi) is 10.0. The van der Waals surface area contributed by atoms with Crippen LogP contribution in [0.4, 0.5) is 0 Å². The molecule has 0 amide bonds. The van der Waals surface area contributed by atoms with E-state index in [1.54, 1.807) is 0 Å². The molecular weight excluding hydrogens is 452 g/mol. The van der Waals surface area contributed by atoms with E-state index in [4.69, 9.17) is 9.47 Å². The first kappa shape index (κ1) is 26.9. The summed E-state index contributed by atoms with van der Waals surface area (Å²) in [4.78, 5) is 4.67. The van der Waals surface area contributed by atoms with E-state index in [0.29, 0.717) is 6.61 Å². The first-order valence-electron chi connectivity index (χ1n) is 13.8. The van der Waals surface area contributed by atoms with Gasteiger partial charge in [-0.1, -0.05) is 24.3 Å². The maximum atomic E-state index is 9.69. The summed E-state index contributed by atoms with van der Waals surface area (Å²) in [5.74, 6) is 1.89. The lowest BCUT2D eigenvalue weighted by Gasteiger charge is -2.18. The normalized spacial score (nSPS) is 20.8.